The van der Waals surface area contributed by atoms with E-state index < -0.39 is 24.5 Å². The van der Waals surface area contributed by atoms with E-state index in [1.54, 1.807) is 4.57 Å². The van der Waals surface area contributed by atoms with Gasteiger partial charge in [-0.3, -0.25) is 4.57 Å². The van der Waals surface area contributed by atoms with Crippen molar-refractivity contribution in [2.24, 2.45) is 0 Å². The Morgan fingerprint density at radius 2 is 2.10 bits per heavy atom. The van der Waals surface area contributed by atoms with Crippen LogP contribution in [0, 0.1) is 0 Å². The average Bonchev–Trinajstić information content (AvgIpc) is 3.01. The van der Waals surface area contributed by atoms with Crippen molar-refractivity contribution in [3.63, 3.8) is 0 Å². The highest BCUT2D eigenvalue weighted by molar-refractivity contribution is 7.98. The predicted molar refractivity (Wildman–Crippen MR) is 70.1 cm³/mol. The van der Waals surface area contributed by atoms with Crippen molar-refractivity contribution in [1.82, 2.24) is 19.5 Å². The molecule has 0 radical (unpaired) electrons. The molecule has 2 aromatic heterocycles. The van der Waals surface area contributed by atoms with Gasteiger partial charge in [0.15, 0.2) is 11.9 Å². The fourth-order valence-corrected chi connectivity index (χ4v) is 2.77. The molecule has 0 amide bonds. The van der Waals surface area contributed by atoms with E-state index in [0.29, 0.717) is 11.2 Å². The van der Waals surface area contributed by atoms with Crippen molar-refractivity contribution < 1.29 is 20.1 Å². The van der Waals surface area contributed by atoms with Crippen LogP contribution < -0.4 is 0 Å². The molecule has 0 aromatic carbocycles. The van der Waals surface area contributed by atoms with E-state index in [0.717, 1.165) is 5.03 Å². The highest BCUT2D eigenvalue weighted by Crippen LogP contribution is 2.32. The second kappa shape index (κ2) is 5.26. The van der Waals surface area contributed by atoms with E-state index in [2.05, 4.69) is 15.0 Å². The summed E-state index contributed by atoms with van der Waals surface area (Å²) >= 11 is 1.44. The Kier molecular flexibility index (Phi) is 3.61. The average molecular weight is 298 g/mol. The van der Waals surface area contributed by atoms with E-state index in [1.165, 1.54) is 24.4 Å². The molecule has 1 fully saturated rings. The summed E-state index contributed by atoms with van der Waals surface area (Å²) in [6, 6.07) is 0. The molecule has 8 nitrogen and oxygen atoms in total. The molecule has 0 spiro atoms. The summed E-state index contributed by atoms with van der Waals surface area (Å²) in [5, 5.41) is 29.7. The molecule has 20 heavy (non-hydrogen) atoms. The van der Waals surface area contributed by atoms with Crippen LogP contribution in [0.4, 0.5) is 0 Å². The lowest BCUT2D eigenvalue weighted by atomic mass is 10.1. The molecule has 1 aliphatic heterocycles. The zero-order valence-corrected chi connectivity index (χ0v) is 11.4. The van der Waals surface area contributed by atoms with Crippen LogP contribution in [0.3, 0.4) is 0 Å². The molecule has 2 aromatic rings. The Hall–Kier alpha value is -1.26. The molecule has 0 bridgehead atoms. The molecule has 3 N–H and O–H groups in total. The van der Waals surface area contributed by atoms with Gasteiger partial charge in [-0.05, 0) is 6.26 Å². The number of thioether (sulfide) groups is 1. The maximum absolute atomic E-state index is 10.0. The van der Waals surface area contributed by atoms with Gasteiger partial charge in [-0.25, -0.2) is 15.0 Å². The second-order valence-corrected chi connectivity index (χ2v) is 5.23. The number of aromatic nitrogens is 4. The third kappa shape index (κ3) is 1.98. The van der Waals surface area contributed by atoms with E-state index in [1.807, 2.05) is 6.26 Å². The van der Waals surface area contributed by atoms with Crippen molar-refractivity contribution in [3.8, 4) is 0 Å². The van der Waals surface area contributed by atoms with Crippen molar-refractivity contribution in [1.29, 1.82) is 0 Å². The van der Waals surface area contributed by atoms with E-state index in [-0.39, 0.29) is 6.61 Å². The van der Waals surface area contributed by atoms with Crippen LogP contribution in [0.15, 0.2) is 17.7 Å². The van der Waals surface area contributed by atoms with Gasteiger partial charge in [-0.15, -0.1) is 11.8 Å². The van der Waals surface area contributed by atoms with Gasteiger partial charge in [0.25, 0.3) is 0 Å². The molecule has 4 atom stereocenters. The first-order valence-electron chi connectivity index (χ1n) is 6.01. The highest BCUT2D eigenvalue weighted by Gasteiger charge is 2.43. The minimum absolute atomic E-state index is 0.369. The Balaban J connectivity index is 2.03. The zero-order valence-electron chi connectivity index (χ0n) is 10.6. The van der Waals surface area contributed by atoms with Crippen LogP contribution in [0.1, 0.15) is 6.23 Å². The van der Waals surface area contributed by atoms with Gasteiger partial charge in [0, 0.05) is 0 Å². The number of imidazole rings is 1. The van der Waals surface area contributed by atoms with Gasteiger partial charge in [-0.1, -0.05) is 0 Å². The fraction of sp³-hybridized carbons (Fsp3) is 0.545. The molecular formula is C11H14N4O4S. The number of rotatable bonds is 3. The molecule has 1 saturated heterocycles. The quantitative estimate of drug-likeness (QED) is 0.496. The van der Waals surface area contributed by atoms with E-state index >= 15 is 0 Å². The second-order valence-electron chi connectivity index (χ2n) is 4.44. The number of nitrogens with zero attached hydrogens (tertiary/aromatic N) is 4. The number of hydrogen-bond donors (Lipinski definition) is 3. The Labute approximate surface area is 118 Å². The first-order chi connectivity index (χ1) is 9.67. The molecule has 0 saturated carbocycles. The Morgan fingerprint density at radius 1 is 1.30 bits per heavy atom. The van der Waals surface area contributed by atoms with Crippen LogP contribution in [0.5, 0.6) is 0 Å². The summed E-state index contributed by atoms with van der Waals surface area (Å²) in [4.78, 5) is 12.5. The van der Waals surface area contributed by atoms with Gasteiger partial charge in [0.1, 0.15) is 35.2 Å². The summed E-state index contributed by atoms with van der Waals surface area (Å²) in [5.74, 6) is 0. The topological polar surface area (TPSA) is 114 Å². The van der Waals surface area contributed by atoms with Gasteiger partial charge in [0.05, 0.1) is 12.9 Å². The van der Waals surface area contributed by atoms with Crippen molar-refractivity contribution in [3.05, 3.63) is 12.7 Å². The van der Waals surface area contributed by atoms with Gasteiger partial charge < -0.3 is 20.1 Å². The maximum Gasteiger partial charge on any atom is 0.166 e. The normalized spacial score (nSPS) is 30.2. The third-order valence-electron chi connectivity index (χ3n) is 3.31. The first kappa shape index (κ1) is 13.7. The van der Waals surface area contributed by atoms with Crippen LogP contribution in [-0.2, 0) is 4.74 Å². The molecule has 0 aliphatic carbocycles. The predicted octanol–water partition coefficient (Wildman–Crippen LogP) is -0.840. The monoisotopic (exact) mass is 298 g/mol. The summed E-state index contributed by atoms with van der Waals surface area (Å²) in [5.41, 5.74) is 1.12. The molecule has 3 heterocycles. The van der Waals surface area contributed by atoms with Crippen LogP contribution >= 0.6 is 11.8 Å². The minimum atomic E-state index is -1.16. The number of hydrogen-bond acceptors (Lipinski definition) is 8. The van der Waals surface area contributed by atoms with Gasteiger partial charge >= 0.3 is 0 Å². The standard InChI is InChI=1S/C11H14N4O4S/c1-20-10-6-9(12-3-13-10)15(4-14-6)11-8(18)7(17)5(2-16)19-11/h3-5,7-8,11,16-18H,2H2,1H3/t5-,7-,8-,11+/m1/s1. The fourth-order valence-electron chi connectivity index (χ4n) is 2.28. The van der Waals surface area contributed by atoms with Gasteiger partial charge in [0.2, 0.25) is 0 Å². The Bertz CT molecular complexity index is 621. The van der Waals surface area contributed by atoms with Crippen molar-refractivity contribution in [2.75, 3.05) is 12.9 Å². The van der Waals surface area contributed by atoms with Gasteiger partial charge in [-0.2, -0.15) is 0 Å². The third-order valence-corrected chi connectivity index (χ3v) is 4.00. The summed E-state index contributed by atoms with van der Waals surface area (Å²) in [6.07, 6.45) is 0.813. The van der Waals surface area contributed by atoms with Crippen LogP contribution in [0.2, 0.25) is 0 Å². The molecule has 9 heteroatoms. The molecule has 0 unspecified atom stereocenters. The number of aliphatic hydroxyl groups is 3. The zero-order chi connectivity index (χ0) is 14.3. The maximum atomic E-state index is 10.0. The van der Waals surface area contributed by atoms with Crippen LogP contribution in [0.25, 0.3) is 11.2 Å². The summed E-state index contributed by atoms with van der Waals surface area (Å²) in [7, 11) is 0. The molecule has 3 rings (SSSR count). The lowest BCUT2D eigenvalue weighted by molar-refractivity contribution is -0.0511. The molecular weight excluding hydrogens is 284 g/mol. The summed E-state index contributed by atoms with van der Waals surface area (Å²) in [6.45, 7) is -0.369. The van der Waals surface area contributed by atoms with Crippen molar-refractivity contribution >= 4 is 22.9 Å². The number of ether oxygens (including phenoxy) is 1. The lowest BCUT2D eigenvalue weighted by Crippen LogP contribution is -2.33. The van der Waals surface area contributed by atoms with E-state index in [4.69, 9.17) is 9.84 Å². The minimum Gasteiger partial charge on any atom is -0.394 e. The van der Waals surface area contributed by atoms with Crippen LogP contribution in [-0.4, -0.2) is 66.0 Å². The first-order valence-corrected chi connectivity index (χ1v) is 7.23. The van der Waals surface area contributed by atoms with Crippen molar-refractivity contribution in [2.45, 2.75) is 29.6 Å². The molecule has 1 aliphatic rings. The van der Waals surface area contributed by atoms with E-state index in [9.17, 15) is 10.2 Å². The number of aliphatic hydroxyl groups excluding tert-OH is 3. The Morgan fingerprint density at radius 3 is 2.75 bits per heavy atom. The largest absolute Gasteiger partial charge is 0.394 e. The molecule has 108 valence electrons. The highest BCUT2D eigenvalue weighted by atomic mass is 32.2. The smallest absolute Gasteiger partial charge is 0.166 e. The lowest BCUT2D eigenvalue weighted by Gasteiger charge is -2.16. The SMILES string of the molecule is CSc1ncnc2c1ncn2[C@H]1O[C@H](CO)[C@@H](O)[C@H]1O. The number of fused-ring (bicyclic) bond motifs is 1. The summed E-state index contributed by atoms with van der Waals surface area (Å²) < 4.78 is 7.01.